The smallest absolute Gasteiger partial charge is 0.140 e. The molecule has 4 heteroatoms. The van der Waals surface area contributed by atoms with E-state index in [0.717, 1.165) is 5.82 Å². The summed E-state index contributed by atoms with van der Waals surface area (Å²) >= 11 is 0. The molecule has 13 heavy (non-hydrogen) atoms. The third-order valence-corrected chi connectivity index (χ3v) is 1.86. The lowest BCUT2D eigenvalue weighted by Crippen LogP contribution is -2.37. The highest BCUT2D eigenvalue weighted by Crippen LogP contribution is 2.11. The minimum Gasteiger partial charge on any atom is -0.140 e. The van der Waals surface area contributed by atoms with E-state index in [2.05, 4.69) is 44.9 Å². The van der Waals surface area contributed by atoms with E-state index in [1.807, 2.05) is 11.7 Å². The maximum absolute atomic E-state index is 4.45. The highest BCUT2D eigenvalue weighted by atomic mass is 15.6. The van der Waals surface area contributed by atoms with Crippen LogP contribution in [0.3, 0.4) is 0 Å². The second kappa shape index (κ2) is 3.09. The molecule has 0 radical (unpaired) electrons. The molecule has 0 spiro atoms. The van der Waals surface area contributed by atoms with E-state index in [1.54, 1.807) is 4.80 Å². The van der Waals surface area contributed by atoms with Gasteiger partial charge in [-0.3, -0.25) is 0 Å². The molecule has 0 aliphatic heterocycles. The molecule has 0 aromatic carbocycles. The number of hydrogen-bond acceptors (Lipinski definition) is 2. The van der Waals surface area contributed by atoms with Crippen molar-refractivity contribution in [2.45, 2.75) is 46.1 Å². The fourth-order valence-corrected chi connectivity index (χ4v) is 1.13. The van der Waals surface area contributed by atoms with Crippen LogP contribution in [0, 0.1) is 0 Å². The minimum atomic E-state index is -0.0368. The van der Waals surface area contributed by atoms with Gasteiger partial charge in [0.15, 0.2) is 0 Å². The number of hydrogen-bond donors (Lipinski definition) is 0. The average Bonchev–Trinajstić information content (AvgIpc) is 2.29. The number of aryl methyl sites for hydroxylation is 1. The molecule has 0 bridgehead atoms. The van der Waals surface area contributed by atoms with Gasteiger partial charge in [-0.1, -0.05) is 13.8 Å². The number of rotatable bonds is 1. The van der Waals surface area contributed by atoms with Crippen LogP contribution in [0.25, 0.3) is 0 Å². The maximum atomic E-state index is 4.45. The topological polar surface area (TPSA) is 34.6 Å². The second-order valence-electron chi connectivity index (χ2n) is 4.69. The fraction of sp³-hybridized carbons (Fsp3) is 0.889. The Kier molecular flexibility index (Phi) is 2.41. The molecular formula is C9H19N4+. The highest BCUT2D eigenvalue weighted by Gasteiger charge is 2.27. The molecule has 0 saturated carbocycles. The standard InChI is InChI=1S/C9H19N4/c1-7(2)8-10-13(9(3,4)5)11-12(8)6/h7H,1-6H3/q+1. The Morgan fingerprint density at radius 1 is 1.31 bits per heavy atom. The number of aromatic nitrogens is 4. The van der Waals surface area contributed by atoms with Gasteiger partial charge < -0.3 is 0 Å². The summed E-state index contributed by atoms with van der Waals surface area (Å²) in [5.41, 5.74) is -0.0368. The summed E-state index contributed by atoms with van der Waals surface area (Å²) in [6, 6.07) is 0. The summed E-state index contributed by atoms with van der Waals surface area (Å²) < 4.78 is 1.84. The first-order valence-electron chi connectivity index (χ1n) is 4.66. The zero-order valence-corrected chi connectivity index (χ0v) is 9.37. The van der Waals surface area contributed by atoms with Crippen LogP contribution in [-0.4, -0.2) is 15.1 Å². The van der Waals surface area contributed by atoms with Crippen molar-refractivity contribution in [3.05, 3.63) is 5.82 Å². The summed E-state index contributed by atoms with van der Waals surface area (Å²) in [7, 11) is 1.94. The van der Waals surface area contributed by atoms with Gasteiger partial charge in [0.25, 0.3) is 0 Å². The molecule has 0 saturated heterocycles. The Balaban J connectivity index is 3.10. The van der Waals surface area contributed by atoms with Crippen LogP contribution in [0.4, 0.5) is 0 Å². The quantitative estimate of drug-likeness (QED) is 0.608. The molecule has 0 fully saturated rings. The molecule has 1 heterocycles. The van der Waals surface area contributed by atoms with Gasteiger partial charge in [0.05, 0.1) is 17.4 Å². The Labute approximate surface area is 79.5 Å². The Bertz CT molecular complexity index is 293. The van der Waals surface area contributed by atoms with Crippen molar-refractivity contribution in [1.29, 1.82) is 0 Å². The zero-order chi connectivity index (χ0) is 10.2. The molecule has 1 aromatic heterocycles. The molecule has 0 N–H and O–H groups in total. The molecule has 4 nitrogen and oxygen atoms in total. The first kappa shape index (κ1) is 10.2. The SMILES string of the molecule is CC(C)c1nn(C(C)(C)C)n[n+]1C. The predicted molar refractivity (Wildman–Crippen MR) is 50.3 cm³/mol. The summed E-state index contributed by atoms with van der Waals surface area (Å²) in [5.74, 6) is 1.44. The van der Waals surface area contributed by atoms with E-state index in [9.17, 15) is 0 Å². The molecule has 0 aliphatic carbocycles. The molecule has 0 amide bonds. The fourth-order valence-electron chi connectivity index (χ4n) is 1.13. The van der Waals surface area contributed by atoms with Crippen LogP contribution < -0.4 is 4.68 Å². The molecule has 1 rings (SSSR count). The van der Waals surface area contributed by atoms with E-state index >= 15 is 0 Å². The zero-order valence-electron chi connectivity index (χ0n) is 9.37. The molecule has 0 aliphatic rings. The van der Waals surface area contributed by atoms with Crippen LogP contribution in [0.1, 0.15) is 46.4 Å². The molecule has 0 unspecified atom stereocenters. The highest BCUT2D eigenvalue weighted by molar-refractivity contribution is 4.79. The Morgan fingerprint density at radius 3 is 2.08 bits per heavy atom. The van der Waals surface area contributed by atoms with Gasteiger partial charge in [0, 0.05) is 5.92 Å². The summed E-state index contributed by atoms with van der Waals surface area (Å²) in [6.45, 7) is 10.5. The van der Waals surface area contributed by atoms with Gasteiger partial charge >= 0.3 is 5.82 Å². The second-order valence-corrected chi connectivity index (χ2v) is 4.69. The number of tetrazole rings is 1. The third kappa shape index (κ3) is 2.05. The van der Waals surface area contributed by atoms with E-state index < -0.39 is 0 Å². The third-order valence-electron chi connectivity index (χ3n) is 1.86. The minimum absolute atomic E-state index is 0.0368. The van der Waals surface area contributed by atoms with Crippen LogP contribution in [0.2, 0.25) is 0 Å². The van der Waals surface area contributed by atoms with Gasteiger partial charge in [-0.25, -0.2) is 0 Å². The molecule has 1 aromatic rings. The predicted octanol–water partition coefficient (Wildman–Crippen LogP) is 0.981. The molecule has 74 valence electrons. The lowest BCUT2D eigenvalue weighted by Gasteiger charge is -2.07. The summed E-state index contributed by atoms with van der Waals surface area (Å²) in [5, 5.41) is 8.77. The van der Waals surface area contributed by atoms with E-state index in [4.69, 9.17) is 0 Å². The van der Waals surface area contributed by atoms with Gasteiger partial charge in [-0.2, -0.15) is 0 Å². The van der Waals surface area contributed by atoms with Crippen molar-refractivity contribution >= 4 is 0 Å². The molecule has 0 atom stereocenters. The monoisotopic (exact) mass is 183 g/mol. The van der Waals surface area contributed by atoms with E-state index in [0.29, 0.717) is 5.92 Å². The average molecular weight is 183 g/mol. The summed E-state index contributed by atoms with van der Waals surface area (Å²) in [6.07, 6.45) is 0. The van der Waals surface area contributed by atoms with Gasteiger partial charge in [0.1, 0.15) is 5.54 Å². The van der Waals surface area contributed by atoms with Crippen LogP contribution in [0.15, 0.2) is 0 Å². The number of nitrogens with zero attached hydrogens (tertiary/aromatic N) is 4. The van der Waals surface area contributed by atoms with Crippen molar-refractivity contribution in [1.82, 2.24) is 15.1 Å². The Hall–Kier alpha value is -0.930. The van der Waals surface area contributed by atoms with E-state index in [1.165, 1.54) is 0 Å². The maximum Gasteiger partial charge on any atom is 0.300 e. The van der Waals surface area contributed by atoms with Gasteiger partial charge in [-0.05, 0) is 25.6 Å². The van der Waals surface area contributed by atoms with Crippen molar-refractivity contribution in [2.75, 3.05) is 0 Å². The molecular weight excluding hydrogens is 164 g/mol. The van der Waals surface area contributed by atoms with Gasteiger partial charge in [0.2, 0.25) is 0 Å². The van der Waals surface area contributed by atoms with Crippen molar-refractivity contribution in [2.24, 2.45) is 7.05 Å². The van der Waals surface area contributed by atoms with E-state index in [-0.39, 0.29) is 5.54 Å². The van der Waals surface area contributed by atoms with Crippen LogP contribution in [-0.2, 0) is 12.6 Å². The largest absolute Gasteiger partial charge is 0.300 e. The first-order chi connectivity index (χ1) is 5.82. The first-order valence-corrected chi connectivity index (χ1v) is 4.66. The Morgan fingerprint density at radius 2 is 1.85 bits per heavy atom. The van der Waals surface area contributed by atoms with Gasteiger partial charge in [-0.15, -0.1) is 4.68 Å². The lowest BCUT2D eigenvalue weighted by molar-refractivity contribution is -0.741. The summed E-state index contributed by atoms with van der Waals surface area (Å²) in [4.78, 5) is 1.77. The van der Waals surface area contributed by atoms with Crippen molar-refractivity contribution < 1.29 is 4.68 Å². The normalized spacial score (nSPS) is 12.5. The van der Waals surface area contributed by atoms with Crippen molar-refractivity contribution in [3.8, 4) is 0 Å². The van der Waals surface area contributed by atoms with Crippen LogP contribution in [0.5, 0.6) is 0 Å². The van der Waals surface area contributed by atoms with Crippen molar-refractivity contribution in [3.63, 3.8) is 0 Å². The van der Waals surface area contributed by atoms with Crippen LogP contribution >= 0.6 is 0 Å². The lowest BCUT2D eigenvalue weighted by atomic mass is 10.1.